The molecule has 0 bridgehead atoms. The molecule has 4 rings (SSSR count). The van der Waals surface area contributed by atoms with Crippen LogP contribution in [0.1, 0.15) is 36.7 Å². The lowest BCUT2D eigenvalue weighted by atomic mass is 9.95. The summed E-state index contributed by atoms with van der Waals surface area (Å²) in [6.45, 7) is 9.67. The Balaban J connectivity index is 1.90. The van der Waals surface area contributed by atoms with Crippen LogP contribution in [0.2, 0.25) is 5.02 Å². The topological polar surface area (TPSA) is 77.9 Å². The Morgan fingerprint density at radius 3 is 2.80 bits per heavy atom. The number of aromatic nitrogens is 3. The van der Waals surface area contributed by atoms with E-state index in [0.717, 1.165) is 47.0 Å². The molecule has 3 heterocycles. The molecule has 2 aromatic heterocycles. The summed E-state index contributed by atoms with van der Waals surface area (Å²) in [6, 6.07) is 2.00. The second-order valence-corrected chi connectivity index (χ2v) is 8.45. The van der Waals surface area contributed by atoms with Crippen LogP contribution in [0.4, 0.5) is 11.5 Å². The smallest absolute Gasteiger partial charge is 0.150 e. The van der Waals surface area contributed by atoms with Crippen LogP contribution >= 0.6 is 27.5 Å². The molecule has 1 aromatic carbocycles. The van der Waals surface area contributed by atoms with Crippen molar-refractivity contribution in [2.24, 2.45) is 0 Å². The molecule has 3 aromatic rings. The summed E-state index contributed by atoms with van der Waals surface area (Å²) in [5.74, 6) is 2.02. The average Bonchev–Trinajstić information content (AvgIpc) is 3.09. The molecule has 9 heteroatoms. The molecule has 0 amide bonds. The zero-order chi connectivity index (χ0) is 21.4. The normalized spacial score (nSPS) is 15.6. The van der Waals surface area contributed by atoms with Gasteiger partial charge in [-0.1, -0.05) is 18.5 Å². The third-order valence-electron chi connectivity index (χ3n) is 5.51. The second-order valence-electron chi connectivity index (χ2n) is 7.30. The van der Waals surface area contributed by atoms with Crippen molar-refractivity contribution in [2.75, 3.05) is 43.5 Å². The molecule has 0 aliphatic carbocycles. The van der Waals surface area contributed by atoms with Crippen molar-refractivity contribution in [3.8, 4) is 5.75 Å². The SMILES string of the molecule is CCOc1c([C@H](C)c2nc(Br)c3c(N)nccn23)cc(Cl)c(C)c1N1CCOCC1. The molecular formula is C21H25BrClN5O2. The van der Waals surface area contributed by atoms with Crippen molar-refractivity contribution in [3.05, 3.63) is 45.0 Å². The highest BCUT2D eigenvalue weighted by atomic mass is 79.9. The van der Waals surface area contributed by atoms with E-state index in [1.165, 1.54) is 0 Å². The Labute approximate surface area is 189 Å². The number of halogens is 2. The first-order valence-electron chi connectivity index (χ1n) is 10.00. The predicted octanol–water partition coefficient (Wildman–Crippen LogP) is 4.42. The molecule has 0 saturated carbocycles. The van der Waals surface area contributed by atoms with E-state index in [1.807, 2.05) is 30.5 Å². The molecule has 2 N–H and O–H groups in total. The van der Waals surface area contributed by atoms with Crippen molar-refractivity contribution in [3.63, 3.8) is 0 Å². The summed E-state index contributed by atoms with van der Waals surface area (Å²) in [7, 11) is 0. The van der Waals surface area contributed by atoms with Crippen molar-refractivity contribution < 1.29 is 9.47 Å². The van der Waals surface area contributed by atoms with Crippen LogP contribution in [0, 0.1) is 6.92 Å². The van der Waals surface area contributed by atoms with E-state index in [4.69, 9.17) is 31.8 Å². The van der Waals surface area contributed by atoms with Gasteiger partial charge < -0.3 is 20.1 Å². The first kappa shape index (κ1) is 21.2. The van der Waals surface area contributed by atoms with E-state index in [1.54, 1.807) is 6.20 Å². The molecule has 0 radical (unpaired) electrons. The summed E-state index contributed by atoms with van der Waals surface area (Å²) >= 11 is 10.2. The molecule has 0 spiro atoms. The quantitative estimate of drug-likeness (QED) is 0.566. The van der Waals surface area contributed by atoms with Gasteiger partial charge in [0.1, 0.15) is 21.7 Å². The number of hydrogen-bond acceptors (Lipinski definition) is 6. The largest absolute Gasteiger partial charge is 0.491 e. The fourth-order valence-electron chi connectivity index (χ4n) is 4.00. The fraction of sp³-hybridized carbons (Fsp3) is 0.429. The third-order valence-corrected chi connectivity index (χ3v) is 6.46. The van der Waals surface area contributed by atoms with Crippen LogP contribution in [0.3, 0.4) is 0 Å². The van der Waals surface area contributed by atoms with E-state index < -0.39 is 0 Å². The first-order chi connectivity index (χ1) is 14.4. The fourth-order valence-corrected chi connectivity index (χ4v) is 4.79. The number of anilines is 2. The van der Waals surface area contributed by atoms with Crippen LogP contribution < -0.4 is 15.4 Å². The van der Waals surface area contributed by atoms with Crippen LogP contribution in [-0.2, 0) is 4.74 Å². The highest BCUT2D eigenvalue weighted by Crippen LogP contribution is 2.44. The number of benzene rings is 1. The van der Waals surface area contributed by atoms with E-state index in [0.29, 0.717) is 35.3 Å². The summed E-state index contributed by atoms with van der Waals surface area (Å²) in [5.41, 5.74) is 9.88. The maximum absolute atomic E-state index is 6.71. The standard InChI is InChI=1S/C21H25BrClN5O2/c1-4-30-18-14(11-15(23)13(3)16(18)27-7-9-29-10-8-27)12(2)21-26-19(22)17-20(24)25-5-6-28(17)21/h5-6,11-12H,4,7-10H2,1-3H3,(H2,24,25)/t12-/m0/s1. The Morgan fingerprint density at radius 1 is 1.37 bits per heavy atom. The van der Waals surface area contributed by atoms with E-state index in [2.05, 4.69) is 32.7 Å². The number of nitrogens with zero attached hydrogens (tertiary/aromatic N) is 4. The maximum atomic E-state index is 6.71. The summed E-state index contributed by atoms with van der Waals surface area (Å²) in [6.07, 6.45) is 3.55. The van der Waals surface area contributed by atoms with Gasteiger partial charge >= 0.3 is 0 Å². The van der Waals surface area contributed by atoms with Gasteiger partial charge in [0.2, 0.25) is 0 Å². The number of morpholine rings is 1. The van der Waals surface area contributed by atoms with Gasteiger partial charge in [0.05, 0.1) is 25.5 Å². The minimum absolute atomic E-state index is 0.0926. The maximum Gasteiger partial charge on any atom is 0.150 e. The van der Waals surface area contributed by atoms with Gasteiger partial charge in [-0.25, -0.2) is 9.97 Å². The molecule has 1 atom stereocenters. The van der Waals surface area contributed by atoms with Gasteiger partial charge in [-0.3, -0.25) is 4.40 Å². The average molecular weight is 495 g/mol. The van der Waals surface area contributed by atoms with E-state index >= 15 is 0 Å². The molecule has 1 saturated heterocycles. The minimum atomic E-state index is -0.0926. The lowest BCUT2D eigenvalue weighted by molar-refractivity contribution is 0.122. The van der Waals surface area contributed by atoms with Gasteiger partial charge in [0, 0.05) is 42.0 Å². The number of nitrogens with two attached hydrogens (primary N) is 1. The number of nitrogen functional groups attached to an aromatic ring is 1. The van der Waals surface area contributed by atoms with Crippen LogP contribution in [-0.4, -0.2) is 47.3 Å². The monoisotopic (exact) mass is 493 g/mol. The van der Waals surface area contributed by atoms with Crippen molar-refractivity contribution in [1.29, 1.82) is 0 Å². The van der Waals surface area contributed by atoms with E-state index in [9.17, 15) is 0 Å². The molecule has 1 aliphatic rings. The van der Waals surface area contributed by atoms with Gasteiger partial charge in [-0.2, -0.15) is 0 Å². The molecule has 1 fully saturated rings. The number of ether oxygens (including phenoxy) is 2. The Hall–Kier alpha value is -2.03. The summed E-state index contributed by atoms with van der Waals surface area (Å²) in [5, 5.41) is 0.711. The molecule has 30 heavy (non-hydrogen) atoms. The minimum Gasteiger partial charge on any atom is -0.491 e. The van der Waals surface area contributed by atoms with Crippen LogP contribution in [0.15, 0.2) is 23.1 Å². The number of imidazole rings is 1. The van der Waals surface area contributed by atoms with Gasteiger partial charge in [0.15, 0.2) is 5.82 Å². The third kappa shape index (κ3) is 3.61. The highest BCUT2D eigenvalue weighted by Gasteiger charge is 2.28. The van der Waals surface area contributed by atoms with Crippen molar-refractivity contribution in [2.45, 2.75) is 26.7 Å². The lowest BCUT2D eigenvalue weighted by Crippen LogP contribution is -2.37. The first-order valence-corrected chi connectivity index (χ1v) is 11.2. The van der Waals surface area contributed by atoms with Crippen LogP contribution in [0.25, 0.3) is 5.52 Å². The van der Waals surface area contributed by atoms with Crippen molar-refractivity contribution in [1.82, 2.24) is 14.4 Å². The lowest BCUT2D eigenvalue weighted by Gasteiger charge is -2.33. The number of hydrogen-bond donors (Lipinski definition) is 1. The molecule has 160 valence electrons. The van der Waals surface area contributed by atoms with Crippen molar-refractivity contribution >= 4 is 44.6 Å². The summed E-state index contributed by atoms with van der Waals surface area (Å²) < 4.78 is 14.4. The highest BCUT2D eigenvalue weighted by molar-refractivity contribution is 9.10. The molecule has 7 nitrogen and oxygen atoms in total. The Bertz CT molecular complexity index is 1080. The Kier molecular flexibility index (Phi) is 6.09. The zero-order valence-corrected chi connectivity index (χ0v) is 19.6. The summed E-state index contributed by atoms with van der Waals surface area (Å²) in [4.78, 5) is 11.2. The predicted molar refractivity (Wildman–Crippen MR) is 123 cm³/mol. The van der Waals surface area contributed by atoms with Gasteiger partial charge in [-0.15, -0.1) is 0 Å². The zero-order valence-electron chi connectivity index (χ0n) is 17.3. The molecular weight excluding hydrogens is 470 g/mol. The second kappa shape index (κ2) is 8.61. The van der Waals surface area contributed by atoms with Crippen LogP contribution in [0.5, 0.6) is 5.75 Å². The van der Waals surface area contributed by atoms with Gasteiger partial charge in [0.25, 0.3) is 0 Å². The Morgan fingerprint density at radius 2 is 2.10 bits per heavy atom. The van der Waals surface area contributed by atoms with Gasteiger partial charge in [-0.05, 0) is 41.4 Å². The van der Waals surface area contributed by atoms with E-state index in [-0.39, 0.29) is 5.92 Å². The number of fused-ring (bicyclic) bond motifs is 1. The molecule has 1 aliphatic heterocycles. The number of rotatable bonds is 5. The molecule has 0 unspecified atom stereocenters.